The maximum Gasteiger partial charge on any atom is 0.237 e. The van der Waals surface area contributed by atoms with E-state index < -0.39 is 11.6 Å². The number of carbonyl (C=O) groups is 1. The first-order valence-electron chi connectivity index (χ1n) is 6.99. The number of aliphatic hydroxyl groups is 2. The number of thioether (sulfide) groups is 1. The summed E-state index contributed by atoms with van der Waals surface area (Å²) in [4.78, 5) is 11.8. The number of carbonyl (C=O) groups excluding carboxylic acids is 1. The molecular formula is C13H26N2O3S. The molecule has 1 aliphatic rings. The number of nitrogens with one attached hydrogen (secondary N) is 1. The molecule has 1 rings (SSSR count). The van der Waals surface area contributed by atoms with Crippen LogP contribution in [0.15, 0.2) is 0 Å². The maximum absolute atomic E-state index is 11.8. The first-order valence-corrected chi connectivity index (χ1v) is 8.04. The van der Waals surface area contributed by atoms with E-state index in [1.807, 2.05) is 0 Å². The second-order valence-corrected chi connectivity index (χ2v) is 6.59. The van der Waals surface area contributed by atoms with Crippen molar-refractivity contribution in [2.24, 2.45) is 5.73 Å². The Hall–Kier alpha value is -0.300. The summed E-state index contributed by atoms with van der Waals surface area (Å²) in [6.07, 6.45) is 3.79. The van der Waals surface area contributed by atoms with Crippen molar-refractivity contribution in [3.05, 3.63) is 0 Å². The monoisotopic (exact) mass is 290 g/mol. The minimum absolute atomic E-state index is 0.214. The van der Waals surface area contributed by atoms with Crippen LogP contribution in [0.4, 0.5) is 0 Å². The highest BCUT2D eigenvalue weighted by Crippen LogP contribution is 2.35. The predicted molar refractivity (Wildman–Crippen MR) is 78.0 cm³/mol. The highest BCUT2D eigenvalue weighted by atomic mass is 32.2. The minimum Gasteiger partial charge on any atom is -0.394 e. The average Bonchev–Trinajstić information content (AvgIpc) is 2.42. The second-order valence-electron chi connectivity index (χ2n) is 5.26. The summed E-state index contributed by atoms with van der Waals surface area (Å²) in [5.41, 5.74) is 5.00. The highest BCUT2D eigenvalue weighted by Gasteiger charge is 2.40. The number of hydrogen-bond donors (Lipinski definition) is 4. The quantitative estimate of drug-likeness (QED) is 0.513. The SMILES string of the molecule is CCCNC1(C(N)=O)CCCC(SCC(O)CO)C1. The van der Waals surface area contributed by atoms with Crippen molar-refractivity contribution in [2.45, 2.75) is 55.9 Å². The lowest BCUT2D eigenvalue weighted by atomic mass is 9.80. The van der Waals surface area contributed by atoms with Gasteiger partial charge in [0.2, 0.25) is 5.91 Å². The topological polar surface area (TPSA) is 95.6 Å². The second kappa shape index (κ2) is 8.09. The first-order chi connectivity index (χ1) is 9.04. The van der Waals surface area contributed by atoms with Gasteiger partial charge in [0.25, 0.3) is 0 Å². The van der Waals surface area contributed by atoms with Crippen molar-refractivity contribution < 1.29 is 15.0 Å². The van der Waals surface area contributed by atoms with Gasteiger partial charge >= 0.3 is 0 Å². The van der Waals surface area contributed by atoms with Crippen molar-refractivity contribution in [2.75, 3.05) is 18.9 Å². The van der Waals surface area contributed by atoms with Crippen LogP contribution in [0, 0.1) is 0 Å². The Labute approximate surface area is 119 Å². The molecule has 3 atom stereocenters. The molecule has 6 heteroatoms. The molecule has 19 heavy (non-hydrogen) atoms. The Bertz CT molecular complexity index is 291. The molecule has 1 saturated carbocycles. The summed E-state index contributed by atoms with van der Waals surface area (Å²) >= 11 is 1.63. The molecule has 5 N–H and O–H groups in total. The van der Waals surface area contributed by atoms with E-state index in [1.165, 1.54) is 0 Å². The van der Waals surface area contributed by atoms with Crippen molar-refractivity contribution in [1.82, 2.24) is 5.32 Å². The lowest BCUT2D eigenvalue weighted by Crippen LogP contribution is -2.58. The van der Waals surface area contributed by atoms with Crippen molar-refractivity contribution in [3.8, 4) is 0 Å². The molecule has 0 spiro atoms. The van der Waals surface area contributed by atoms with Crippen molar-refractivity contribution >= 4 is 17.7 Å². The maximum atomic E-state index is 11.8. The zero-order chi connectivity index (χ0) is 14.3. The summed E-state index contributed by atoms with van der Waals surface area (Å²) in [6, 6.07) is 0. The summed E-state index contributed by atoms with van der Waals surface area (Å²) in [5.74, 6) is 0.234. The number of hydrogen-bond acceptors (Lipinski definition) is 5. The van der Waals surface area contributed by atoms with Crippen LogP contribution in [0.25, 0.3) is 0 Å². The van der Waals surface area contributed by atoms with Crippen LogP contribution in [-0.2, 0) is 4.79 Å². The van der Waals surface area contributed by atoms with Gasteiger partial charge in [0.1, 0.15) is 0 Å². The molecule has 1 fully saturated rings. The molecule has 1 aliphatic carbocycles. The van der Waals surface area contributed by atoms with Gasteiger partial charge in [0, 0.05) is 11.0 Å². The van der Waals surface area contributed by atoms with Crippen LogP contribution in [0.5, 0.6) is 0 Å². The molecule has 0 aromatic heterocycles. The lowest BCUT2D eigenvalue weighted by molar-refractivity contribution is -0.125. The van der Waals surface area contributed by atoms with Gasteiger partial charge in [-0.1, -0.05) is 6.92 Å². The molecule has 0 bridgehead atoms. The van der Waals surface area contributed by atoms with E-state index >= 15 is 0 Å². The van der Waals surface area contributed by atoms with Gasteiger partial charge in [-0.3, -0.25) is 4.79 Å². The Morgan fingerprint density at radius 2 is 2.37 bits per heavy atom. The molecule has 112 valence electrons. The summed E-state index contributed by atoms with van der Waals surface area (Å²) in [7, 11) is 0. The molecule has 5 nitrogen and oxygen atoms in total. The number of amides is 1. The molecule has 0 aromatic carbocycles. The van der Waals surface area contributed by atoms with E-state index in [9.17, 15) is 9.90 Å². The molecule has 0 aromatic rings. The molecule has 0 aliphatic heterocycles. The number of aliphatic hydroxyl groups excluding tert-OH is 2. The normalized spacial score (nSPS) is 29.1. The lowest BCUT2D eigenvalue weighted by Gasteiger charge is -2.39. The van der Waals surface area contributed by atoms with Crippen LogP contribution >= 0.6 is 11.8 Å². The Kier molecular flexibility index (Phi) is 7.13. The number of nitrogens with two attached hydrogens (primary N) is 1. The van der Waals surface area contributed by atoms with Crippen LogP contribution in [0.2, 0.25) is 0 Å². The fourth-order valence-electron chi connectivity index (χ4n) is 2.50. The Balaban J connectivity index is 2.56. The summed E-state index contributed by atoms with van der Waals surface area (Å²) < 4.78 is 0. The molecule has 0 saturated heterocycles. The van der Waals surface area contributed by atoms with E-state index in [0.29, 0.717) is 17.4 Å². The minimum atomic E-state index is -0.682. The van der Waals surface area contributed by atoms with Gasteiger partial charge in [0.15, 0.2) is 0 Å². The highest BCUT2D eigenvalue weighted by molar-refractivity contribution is 7.99. The van der Waals surface area contributed by atoms with Gasteiger partial charge in [-0.25, -0.2) is 0 Å². The van der Waals surface area contributed by atoms with Gasteiger partial charge in [0.05, 0.1) is 18.2 Å². The third kappa shape index (κ3) is 4.95. The molecular weight excluding hydrogens is 264 g/mol. The van der Waals surface area contributed by atoms with E-state index in [0.717, 1.165) is 32.2 Å². The van der Waals surface area contributed by atoms with Crippen LogP contribution in [0.3, 0.4) is 0 Å². The van der Waals surface area contributed by atoms with Gasteiger partial charge in [-0.05, 0) is 38.6 Å². The summed E-state index contributed by atoms with van der Waals surface area (Å²) in [5, 5.41) is 21.8. The zero-order valence-corrected chi connectivity index (χ0v) is 12.4. The number of primary amides is 1. The van der Waals surface area contributed by atoms with Gasteiger partial charge < -0.3 is 21.3 Å². The third-order valence-electron chi connectivity index (χ3n) is 3.63. The van der Waals surface area contributed by atoms with Crippen LogP contribution < -0.4 is 11.1 Å². The van der Waals surface area contributed by atoms with E-state index in [4.69, 9.17) is 10.8 Å². The van der Waals surface area contributed by atoms with E-state index in [-0.39, 0.29) is 12.5 Å². The summed E-state index contributed by atoms with van der Waals surface area (Å²) in [6.45, 7) is 2.64. The fraction of sp³-hybridized carbons (Fsp3) is 0.923. The molecule has 3 unspecified atom stereocenters. The predicted octanol–water partition coefficient (Wildman–Crippen LogP) is 0.239. The zero-order valence-electron chi connectivity index (χ0n) is 11.6. The molecule has 1 amide bonds. The third-order valence-corrected chi connectivity index (χ3v) is 5.08. The van der Waals surface area contributed by atoms with Crippen LogP contribution in [-0.4, -0.2) is 51.9 Å². The number of rotatable bonds is 8. The Morgan fingerprint density at radius 3 is 2.95 bits per heavy atom. The average molecular weight is 290 g/mol. The van der Waals surface area contributed by atoms with Gasteiger partial charge in [-0.2, -0.15) is 11.8 Å². The Morgan fingerprint density at radius 1 is 1.63 bits per heavy atom. The first kappa shape index (κ1) is 16.8. The van der Waals surface area contributed by atoms with E-state index in [1.54, 1.807) is 11.8 Å². The molecule has 0 heterocycles. The fourth-order valence-corrected chi connectivity index (χ4v) is 3.84. The van der Waals surface area contributed by atoms with Crippen LogP contribution in [0.1, 0.15) is 39.0 Å². The standard InChI is InChI=1S/C13H26N2O3S/c1-2-6-15-13(12(14)18)5-3-4-11(7-13)19-9-10(17)8-16/h10-11,15-17H,2-9H2,1H3,(H2,14,18). The van der Waals surface area contributed by atoms with Crippen molar-refractivity contribution in [1.29, 1.82) is 0 Å². The van der Waals surface area contributed by atoms with Gasteiger partial charge in [-0.15, -0.1) is 0 Å². The molecule has 0 radical (unpaired) electrons. The van der Waals surface area contributed by atoms with E-state index in [2.05, 4.69) is 12.2 Å². The largest absolute Gasteiger partial charge is 0.394 e. The van der Waals surface area contributed by atoms with Crippen molar-refractivity contribution in [3.63, 3.8) is 0 Å². The smallest absolute Gasteiger partial charge is 0.237 e.